The molecule has 4 rings (SSSR count). The van der Waals surface area contributed by atoms with E-state index in [1.54, 1.807) is 0 Å². The number of benzene rings is 4. The molecule has 0 aromatic heterocycles. The minimum Gasteiger partial charge on any atom is -0.0653 e. The fraction of sp³-hybridized carbons (Fsp3) is 0.226. The summed E-state index contributed by atoms with van der Waals surface area (Å²) in [5.74, 6) is 0. The zero-order valence-corrected chi connectivity index (χ0v) is 21.6. The number of hydrogen-bond acceptors (Lipinski definition) is 0. The van der Waals surface area contributed by atoms with Gasteiger partial charge in [0.1, 0.15) is 0 Å². The van der Waals surface area contributed by atoms with Crippen molar-refractivity contribution in [3.05, 3.63) is 121 Å². The average Bonchev–Trinajstić information content (AvgIpc) is 2.87. The molecule has 33 heavy (non-hydrogen) atoms. The molecule has 0 spiro atoms. The van der Waals surface area contributed by atoms with Gasteiger partial charge in [-0.1, -0.05) is 148 Å². The molecule has 0 aliphatic carbocycles. The van der Waals surface area contributed by atoms with Crippen molar-refractivity contribution in [1.82, 2.24) is 0 Å². The Morgan fingerprint density at radius 1 is 0.424 bits per heavy atom. The zero-order valence-electron chi connectivity index (χ0n) is 19.8. The van der Waals surface area contributed by atoms with Gasteiger partial charge in [0.25, 0.3) is 0 Å². The van der Waals surface area contributed by atoms with Crippen LogP contribution in [0.1, 0.15) is 39.5 Å². The van der Waals surface area contributed by atoms with Gasteiger partial charge < -0.3 is 0 Å². The first-order chi connectivity index (χ1) is 16.3. The summed E-state index contributed by atoms with van der Waals surface area (Å²) in [5, 5.41) is 6.00. The van der Waals surface area contributed by atoms with Crippen molar-refractivity contribution < 1.29 is 0 Å². The van der Waals surface area contributed by atoms with Crippen molar-refractivity contribution in [3.63, 3.8) is 0 Å². The van der Waals surface area contributed by atoms with Crippen LogP contribution < -0.4 is 21.2 Å². The molecule has 0 nitrogen and oxygen atoms in total. The van der Waals surface area contributed by atoms with E-state index < -0.39 is 15.8 Å². The summed E-state index contributed by atoms with van der Waals surface area (Å²) >= 11 is 0. The summed E-state index contributed by atoms with van der Waals surface area (Å²) < 4.78 is 0. The first-order valence-electron chi connectivity index (χ1n) is 12.1. The maximum Gasteiger partial charge on any atom is 0.0266 e. The van der Waals surface area contributed by atoms with Gasteiger partial charge in [-0.25, -0.2) is 0 Å². The highest BCUT2D eigenvalue weighted by atomic mass is 31.2. The normalized spacial score (nSPS) is 11.8. The molecule has 2 heteroatoms. The van der Waals surface area contributed by atoms with Crippen LogP contribution in [-0.4, -0.2) is 4.90 Å². The molecule has 0 unspecified atom stereocenters. The van der Waals surface area contributed by atoms with E-state index in [1.165, 1.54) is 46.9 Å². The Kier molecular flexibility index (Phi) is 8.50. The molecule has 0 fully saturated rings. The molecule has 0 heterocycles. The predicted molar refractivity (Wildman–Crippen MR) is 151 cm³/mol. The van der Waals surface area contributed by atoms with Crippen molar-refractivity contribution in [3.8, 4) is 0 Å². The fourth-order valence-corrected chi connectivity index (χ4v) is 13.4. The molecule has 0 amide bonds. The van der Waals surface area contributed by atoms with Gasteiger partial charge in [0.2, 0.25) is 0 Å². The van der Waals surface area contributed by atoms with E-state index >= 15 is 0 Å². The molecular formula is C31H34P2. The van der Waals surface area contributed by atoms with Gasteiger partial charge in [0, 0.05) is 4.90 Å². The van der Waals surface area contributed by atoms with Gasteiger partial charge in [-0.05, 0) is 49.9 Å². The third-order valence-corrected chi connectivity index (χ3v) is 13.2. The average molecular weight is 469 g/mol. The van der Waals surface area contributed by atoms with Gasteiger partial charge in [-0.2, -0.15) is 0 Å². The van der Waals surface area contributed by atoms with Gasteiger partial charge in [-0.15, -0.1) is 0 Å². The van der Waals surface area contributed by atoms with Crippen LogP contribution in [0.2, 0.25) is 0 Å². The first kappa shape index (κ1) is 23.9. The number of hydrogen-bond donors (Lipinski definition) is 0. The smallest absolute Gasteiger partial charge is 0.0266 e. The summed E-state index contributed by atoms with van der Waals surface area (Å²) in [6.45, 7) is 4.74. The van der Waals surface area contributed by atoms with E-state index in [-0.39, 0.29) is 4.90 Å². The summed E-state index contributed by atoms with van der Waals surface area (Å²) in [7, 11) is -1.14. The maximum atomic E-state index is 2.38. The van der Waals surface area contributed by atoms with E-state index in [0.717, 1.165) is 0 Å². The Balaban J connectivity index is 2.03. The van der Waals surface area contributed by atoms with Crippen LogP contribution in [-0.2, 0) is 0 Å². The molecule has 0 saturated carbocycles. The van der Waals surface area contributed by atoms with Gasteiger partial charge in [-0.3, -0.25) is 0 Å². The van der Waals surface area contributed by atoms with Crippen LogP contribution in [0.5, 0.6) is 0 Å². The summed E-state index contributed by atoms with van der Waals surface area (Å²) in [6, 6.07) is 45.4. The molecule has 168 valence electrons. The topological polar surface area (TPSA) is 0 Å². The molecule has 0 atom stereocenters. The lowest BCUT2D eigenvalue weighted by Crippen LogP contribution is -2.39. The quantitative estimate of drug-likeness (QED) is 0.211. The van der Waals surface area contributed by atoms with Gasteiger partial charge >= 0.3 is 0 Å². The second kappa shape index (κ2) is 11.7. The molecule has 0 aliphatic rings. The highest BCUT2D eigenvalue weighted by Gasteiger charge is 2.46. The largest absolute Gasteiger partial charge is 0.0653 e. The molecule has 0 aliphatic heterocycles. The van der Waals surface area contributed by atoms with E-state index in [9.17, 15) is 0 Å². The molecular weight excluding hydrogens is 434 g/mol. The molecule has 4 aromatic rings. The molecule has 4 aromatic carbocycles. The lowest BCUT2D eigenvalue weighted by Gasteiger charge is -2.48. The Labute approximate surface area is 202 Å². The van der Waals surface area contributed by atoms with Gasteiger partial charge in [0.05, 0.1) is 0 Å². The Bertz CT molecular complexity index is 909. The minimum absolute atomic E-state index is 0.180. The summed E-state index contributed by atoms with van der Waals surface area (Å²) in [5.41, 5.74) is 0. The van der Waals surface area contributed by atoms with Crippen LogP contribution in [0.15, 0.2) is 121 Å². The van der Waals surface area contributed by atoms with E-state index in [2.05, 4.69) is 135 Å². The summed E-state index contributed by atoms with van der Waals surface area (Å²) in [6.07, 6.45) is 4.84. The second-order valence-corrected chi connectivity index (χ2v) is 14.0. The Morgan fingerprint density at radius 2 is 0.667 bits per heavy atom. The second-order valence-electron chi connectivity index (χ2n) is 8.50. The molecule has 0 saturated heterocycles. The first-order valence-corrected chi connectivity index (χ1v) is 14.8. The maximum absolute atomic E-state index is 2.38. The van der Waals surface area contributed by atoms with Crippen molar-refractivity contribution in [2.45, 2.75) is 44.4 Å². The standard InChI is InChI=1S/C31H34P2/c1-3-25-31(26-4-2,32(27-17-9-5-10-18-27)28-19-11-6-12-20-28)33(29-21-13-7-14-22-29)30-23-15-8-16-24-30/h5-24H,3-4,25-26H2,1-2H3. The van der Waals surface area contributed by atoms with Crippen molar-refractivity contribution in [1.29, 1.82) is 0 Å². The lowest BCUT2D eigenvalue weighted by molar-refractivity contribution is 0.622. The van der Waals surface area contributed by atoms with Gasteiger partial charge in [0.15, 0.2) is 0 Å². The Morgan fingerprint density at radius 3 is 0.879 bits per heavy atom. The van der Waals surface area contributed by atoms with Crippen LogP contribution in [0.3, 0.4) is 0 Å². The highest BCUT2D eigenvalue weighted by molar-refractivity contribution is 7.90. The van der Waals surface area contributed by atoms with E-state index in [4.69, 9.17) is 0 Å². The molecule has 0 radical (unpaired) electrons. The van der Waals surface area contributed by atoms with Crippen molar-refractivity contribution in [2.75, 3.05) is 0 Å². The van der Waals surface area contributed by atoms with Crippen LogP contribution in [0.4, 0.5) is 0 Å². The fourth-order valence-electron chi connectivity index (χ4n) is 5.04. The zero-order chi connectivity index (χ0) is 22.9. The number of rotatable bonds is 10. The monoisotopic (exact) mass is 468 g/mol. The lowest BCUT2D eigenvalue weighted by atomic mass is 10.1. The molecule has 0 N–H and O–H groups in total. The van der Waals surface area contributed by atoms with Crippen molar-refractivity contribution >= 4 is 37.1 Å². The summed E-state index contributed by atoms with van der Waals surface area (Å²) in [4.78, 5) is 0.180. The third kappa shape index (κ3) is 5.30. The van der Waals surface area contributed by atoms with Crippen LogP contribution in [0, 0.1) is 0 Å². The SMILES string of the molecule is CCCC(CCC)(P(c1ccccc1)c1ccccc1)P(c1ccccc1)c1ccccc1. The Hall–Kier alpha value is -2.26. The molecule has 0 bridgehead atoms. The highest BCUT2D eigenvalue weighted by Crippen LogP contribution is 2.69. The third-order valence-electron chi connectivity index (χ3n) is 6.19. The van der Waals surface area contributed by atoms with Crippen LogP contribution >= 0.6 is 15.8 Å². The minimum atomic E-state index is -0.568. The van der Waals surface area contributed by atoms with E-state index in [1.807, 2.05) is 0 Å². The van der Waals surface area contributed by atoms with Crippen molar-refractivity contribution in [2.24, 2.45) is 0 Å². The predicted octanol–water partition coefficient (Wildman–Crippen LogP) is 7.55. The van der Waals surface area contributed by atoms with Crippen LogP contribution in [0.25, 0.3) is 0 Å². The van der Waals surface area contributed by atoms with E-state index in [0.29, 0.717) is 0 Å².